The van der Waals surface area contributed by atoms with Crippen molar-refractivity contribution in [1.82, 2.24) is 4.90 Å². The maximum absolute atomic E-state index is 12.2. The molecule has 0 saturated carbocycles. The Labute approximate surface area is 127 Å². The van der Waals surface area contributed by atoms with Gasteiger partial charge in [0.1, 0.15) is 0 Å². The van der Waals surface area contributed by atoms with Crippen molar-refractivity contribution < 1.29 is 19.1 Å². The van der Waals surface area contributed by atoms with Gasteiger partial charge in [-0.1, -0.05) is 0 Å². The molecule has 1 aromatic carbocycles. The number of aromatic carboxylic acids is 1. The van der Waals surface area contributed by atoms with Crippen LogP contribution in [-0.2, 0) is 0 Å². The zero-order valence-corrected chi connectivity index (χ0v) is 11.9. The average Bonchev–Trinajstić information content (AvgIpc) is 3.09. The Bertz CT molecular complexity index is 656. The van der Waals surface area contributed by atoms with E-state index < -0.39 is 5.97 Å². The van der Waals surface area contributed by atoms with Crippen molar-refractivity contribution in [3.63, 3.8) is 0 Å². The average molecular weight is 300 g/mol. The van der Waals surface area contributed by atoms with Crippen LogP contribution < -0.4 is 4.90 Å². The lowest BCUT2D eigenvalue weighted by Gasteiger charge is -2.35. The minimum absolute atomic E-state index is 0.0918. The van der Waals surface area contributed by atoms with Crippen molar-refractivity contribution in [3.8, 4) is 0 Å². The van der Waals surface area contributed by atoms with Crippen LogP contribution >= 0.6 is 0 Å². The highest BCUT2D eigenvalue weighted by Crippen LogP contribution is 2.18. The van der Waals surface area contributed by atoms with Crippen LogP contribution in [0.25, 0.3) is 0 Å². The van der Waals surface area contributed by atoms with Gasteiger partial charge in [0, 0.05) is 31.9 Å². The molecule has 0 radical (unpaired) electrons. The van der Waals surface area contributed by atoms with E-state index in [2.05, 4.69) is 4.90 Å². The molecular weight excluding hydrogens is 284 g/mol. The minimum Gasteiger partial charge on any atom is -0.478 e. The number of amides is 1. The van der Waals surface area contributed by atoms with Gasteiger partial charge in [-0.25, -0.2) is 4.79 Å². The molecule has 0 aliphatic carbocycles. The van der Waals surface area contributed by atoms with Gasteiger partial charge in [-0.05, 0) is 36.4 Å². The Balaban J connectivity index is 1.62. The molecule has 1 aliphatic rings. The van der Waals surface area contributed by atoms with Gasteiger partial charge in [0.05, 0.1) is 11.8 Å². The molecule has 6 heteroatoms. The third kappa shape index (κ3) is 2.81. The fraction of sp³-hybridized carbons (Fsp3) is 0.250. The van der Waals surface area contributed by atoms with Crippen LogP contribution in [0.15, 0.2) is 47.1 Å². The summed E-state index contributed by atoms with van der Waals surface area (Å²) >= 11 is 0. The quantitative estimate of drug-likeness (QED) is 0.937. The number of carboxylic acid groups (broad SMARTS) is 1. The van der Waals surface area contributed by atoms with Crippen molar-refractivity contribution in [2.45, 2.75) is 0 Å². The Morgan fingerprint density at radius 3 is 2.23 bits per heavy atom. The summed E-state index contributed by atoms with van der Waals surface area (Å²) in [5.74, 6) is -0.662. The Morgan fingerprint density at radius 2 is 1.68 bits per heavy atom. The Morgan fingerprint density at radius 1 is 1.00 bits per heavy atom. The second kappa shape index (κ2) is 5.93. The highest BCUT2D eigenvalue weighted by Gasteiger charge is 2.23. The number of furan rings is 1. The number of carbonyl (C=O) groups excluding carboxylic acids is 1. The zero-order valence-electron chi connectivity index (χ0n) is 11.9. The molecule has 1 aliphatic heterocycles. The van der Waals surface area contributed by atoms with Crippen molar-refractivity contribution in [2.24, 2.45) is 0 Å². The van der Waals surface area contributed by atoms with Crippen molar-refractivity contribution >= 4 is 17.6 Å². The van der Waals surface area contributed by atoms with Gasteiger partial charge >= 0.3 is 5.97 Å². The smallest absolute Gasteiger partial charge is 0.335 e. The SMILES string of the molecule is O=C(O)c1ccc(N2CCN(C(=O)c3ccco3)CC2)cc1. The number of carbonyl (C=O) groups is 2. The van der Waals surface area contributed by atoms with Crippen LogP contribution in [0.2, 0.25) is 0 Å². The van der Waals surface area contributed by atoms with E-state index in [-0.39, 0.29) is 11.5 Å². The van der Waals surface area contributed by atoms with Crippen molar-refractivity contribution in [3.05, 3.63) is 54.0 Å². The molecule has 0 spiro atoms. The van der Waals surface area contributed by atoms with Crippen molar-refractivity contribution in [1.29, 1.82) is 0 Å². The molecule has 22 heavy (non-hydrogen) atoms. The summed E-state index contributed by atoms with van der Waals surface area (Å²) in [4.78, 5) is 26.9. The Kier molecular flexibility index (Phi) is 3.82. The molecular formula is C16H16N2O4. The highest BCUT2D eigenvalue weighted by atomic mass is 16.4. The number of carboxylic acids is 1. The van der Waals surface area contributed by atoms with Crippen LogP contribution in [0.3, 0.4) is 0 Å². The third-order valence-electron chi connectivity index (χ3n) is 3.78. The first-order chi connectivity index (χ1) is 10.6. The van der Waals surface area contributed by atoms with Gasteiger partial charge < -0.3 is 19.3 Å². The van der Waals surface area contributed by atoms with E-state index in [0.717, 1.165) is 5.69 Å². The summed E-state index contributed by atoms with van der Waals surface area (Å²) in [6, 6.07) is 10.2. The maximum Gasteiger partial charge on any atom is 0.335 e. The van der Waals surface area contributed by atoms with E-state index in [1.54, 1.807) is 41.3 Å². The molecule has 3 rings (SSSR count). The second-order valence-corrected chi connectivity index (χ2v) is 5.11. The third-order valence-corrected chi connectivity index (χ3v) is 3.78. The van der Waals surface area contributed by atoms with Gasteiger partial charge in [0.2, 0.25) is 0 Å². The summed E-state index contributed by atoms with van der Waals surface area (Å²) in [5, 5.41) is 8.91. The number of hydrogen-bond donors (Lipinski definition) is 1. The van der Waals surface area contributed by atoms with Gasteiger partial charge in [-0.2, -0.15) is 0 Å². The van der Waals surface area contributed by atoms with E-state index >= 15 is 0 Å². The Hall–Kier alpha value is -2.76. The highest BCUT2D eigenvalue weighted by molar-refractivity contribution is 5.91. The number of benzene rings is 1. The lowest BCUT2D eigenvalue weighted by molar-refractivity contribution is 0.0693. The maximum atomic E-state index is 12.2. The first-order valence-corrected chi connectivity index (χ1v) is 7.06. The topological polar surface area (TPSA) is 74.0 Å². The van der Waals surface area contributed by atoms with Crippen LogP contribution in [0.5, 0.6) is 0 Å². The first kappa shape index (κ1) is 14.2. The minimum atomic E-state index is -0.930. The van der Waals surface area contributed by atoms with Gasteiger partial charge in [-0.3, -0.25) is 4.79 Å². The largest absolute Gasteiger partial charge is 0.478 e. The molecule has 1 saturated heterocycles. The standard InChI is InChI=1S/C16H16N2O4/c19-15(14-2-1-11-22-14)18-9-7-17(8-10-18)13-5-3-12(4-6-13)16(20)21/h1-6,11H,7-10H2,(H,20,21). The number of nitrogens with zero attached hydrogens (tertiary/aromatic N) is 2. The molecule has 1 aromatic heterocycles. The van der Waals surface area contributed by atoms with Crippen LogP contribution in [0.4, 0.5) is 5.69 Å². The fourth-order valence-corrected chi connectivity index (χ4v) is 2.54. The van der Waals surface area contributed by atoms with Crippen molar-refractivity contribution in [2.75, 3.05) is 31.1 Å². The van der Waals surface area contributed by atoms with E-state index in [4.69, 9.17) is 9.52 Å². The lowest BCUT2D eigenvalue weighted by atomic mass is 10.2. The molecule has 0 unspecified atom stereocenters. The molecule has 1 N–H and O–H groups in total. The summed E-state index contributed by atoms with van der Waals surface area (Å²) in [6.45, 7) is 2.64. The van der Waals surface area contributed by atoms with E-state index in [1.807, 2.05) is 0 Å². The monoisotopic (exact) mass is 300 g/mol. The van der Waals surface area contributed by atoms with Gasteiger partial charge in [-0.15, -0.1) is 0 Å². The molecule has 0 bridgehead atoms. The summed E-state index contributed by atoms with van der Waals surface area (Å²) in [5.41, 5.74) is 1.24. The number of rotatable bonds is 3. The summed E-state index contributed by atoms with van der Waals surface area (Å²) in [7, 11) is 0. The first-order valence-electron chi connectivity index (χ1n) is 7.06. The molecule has 0 atom stereocenters. The van der Waals surface area contributed by atoms with E-state index in [0.29, 0.717) is 31.9 Å². The molecule has 1 fully saturated rings. The number of piperazine rings is 1. The zero-order chi connectivity index (χ0) is 15.5. The molecule has 2 aromatic rings. The predicted molar refractivity (Wildman–Crippen MR) is 80.2 cm³/mol. The summed E-state index contributed by atoms with van der Waals surface area (Å²) in [6.07, 6.45) is 1.49. The summed E-state index contributed by atoms with van der Waals surface area (Å²) < 4.78 is 5.14. The van der Waals surface area contributed by atoms with Crippen LogP contribution in [-0.4, -0.2) is 48.1 Å². The number of hydrogen-bond acceptors (Lipinski definition) is 4. The van der Waals surface area contributed by atoms with E-state index in [1.165, 1.54) is 6.26 Å². The molecule has 114 valence electrons. The predicted octanol–water partition coefficient (Wildman–Crippen LogP) is 1.94. The van der Waals surface area contributed by atoms with Crippen LogP contribution in [0, 0.1) is 0 Å². The van der Waals surface area contributed by atoms with E-state index in [9.17, 15) is 9.59 Å². The number of anilines is 1. The van der Waals surface area contributed by atoms with Gasteiger partial charge in [0.15, 0.2) is 5.76 Å². The fourth-order valence-electron chi connectivity index (χ4n) is 2.54. The molecule has 2 heterocycles. The lowest BCUT2D eigenvalue weighted by Crippen LogP contribution is -2.48. The molecule has 1 amide bonds. The molecule has 6 nitrogen and oxygen atoms in total. The second-order valence-electron chi connectivity index (χ2n) is 5.11. The normalized spacial score (nSPS) is 14.9. The van der Waals surface area contributed by atoms with Crippen LogP contribution in [0.1, 0.15) is 20.9 Å². The van der Waals surface area contributed by atoms with Gasteiger partial charge in [0.25, 0.3) is 5.91 Å².